The van der Waals surface area contributed by atoms with Crippen LogP contribution in [0.4, 0.5) is 0 Å². The summed E-state index contributed by atoms with van der Waals surface area (Å²) in [4.78, 5) is 0. The largest absolute Gasteiger partial charge is 0.508 e. The summed E-state index contributed by atoms with van der Waals surface area (Å²) in [5.74, 6) is 7.32. The van der Waals surface area contributed by atoms with Gasteiger partial charge in [-0.25, -0.2) is 0 Å². The van der Waals surface area contributed by atoms with Crippen molar-refractivity contribution in [2.75, 3.05) is 0 Å². The number of rotatable bonds is 8. The maximum absolute atomic E-state index is 11.6. The summed E-state index contributed by atoms with van der Waals surface area (Å²) in [7, 11) is 0. The predicted octanol–water partition coefficient (Wildman–Crippen LogP) is 16.2. The summed E-state index contributed by atoms with van der Waals surface area (Å²) in [5, 5.41) is 53.3. The molecule has 0 fully saturated rings. The predicted molar refractivity (Wildman–Crippen MR) is 289 cm³/mol. The van der Waals surface area contributed by atoms with E-state index in [1.807, 2.05) is 40.7 Å². The molecule has 7 rings (SSSR count). The average molecular weight is 927 g/mol. The van der Waals surface area contributed by atoms with Crippen LogP contribution >= 0.6 is 0 Å². The molecule has 0 spiro atoms. The van der Waals surface area contributed by atoms with Crippen LogP contribution in [-0.4, -0.2) is 25.5 Å². The zero-order chi connectivity index (χ0) is 51.2. The number of terminal acetylenes is 2. The number of benzene rings is 3. The SMILES string of the molecule is C#Cc1cc(C)cc(O)c1C1C=C(C)CCC1C(=C)C.C#Cc1cc(O)c(C2C=C(C)CCC2C(=C)C)c(O)c1C1C=C(C)CCC1C(=C)C.C=C(C)C1CCC(C)=CC1c1c(O)cc(C)cc1O. The molecule has 3 aromatic carbocycles. The minimum absolute atomic E-state index is 0.0202. The number of hydrogen-bond donors (Lipinski definition) is 5. The summed E-state index contributed by atoms with van der Waals surface area (Å²) in [6.07, 6.45) is 28.5. The summed E-state index contributed by atoms with van der Waals surface area (Å²) in [6, 6.07) is 8.85. The minimum Gasteiger partial charge on any atom is -0.508 e. The fourth-order valence-corrected chi connectivity index (χ4v) is 11.4. The molecule has 8 atom stereocenters. The van der Waals surface area contributed by atoms with Crippen molar-refractivity contribution in [3.8, 4) is 53.4 Å². The molecule has 0 saturated heterocycles. The number of hydrogen-bond acceptors (Lipinski definition) is 5. The molecule has 364 valence electrons. The number of aromatic hydroxyl groups is 5. The van der Waals surface area contributed by atoms with Crippen molar-refractivity contribution in [2.45, 2.75) is 144 Å². The lowest BCUT2D eigenvalue weighted by Crippen LogP contribution is -2.20. The zero-order valence-corrected chi connectivity index (χ0v) is 43.2. The van der Waals surface area contributed by atoms with Gasteiger partial charge in [0, 0.05) is 57.1 Å². The van der Waals surface area contributed by atoms with Crippen molar-refractivity contribution in [2.24, 2.45) is 23.7 Å². The molecule has 0 amide bonds. The highest BCUT2D eigenvalue weighted by Gasteiger charge is 2.36. The first kappa shape index (κ1) is 53.7. The second kappa shape index (κ2) is 22.9. The Morgan fingerprint density at radius 3 is 1.04 bits per heavy atom. The third-order valence-electron chi connectivity index (χ3n) is 15.1. The molecule has 0 aromatic heterocycles. The molecule has 4 aliphatic carbocycles. The van der Waals surface area contributed by atoms with Gasteiger partial charge in [-0.3, -0.25) is 0 Å². The molecule has 0 saturated carbocycles. The van der Waals surface area contributed by atoms with Gasteiger partial charge < -0.3 is 25.5 Å². The highest BCUT2D eigenvalue weighted by atomic mass is 16.3. The lowest BCUT2D eigenvalue weighted by molar-refractivity contribution is 0.394. The van der Waals surface area contributed by atoms with Crippen LogP contribution in [0.25, 0.3) is 0 Å². The van der Waals surface area contributed by atoms with Gasteiger partial charge in [-0.05, 0) is 186 Å². The average Bonchev–Trinajstić information content (AvgIpc) is 3.25. The molecule has 5 nitrogen and oxygen atoms in total. The van der Waals surface area contributed by atoms with Crippen LogP contribution in [0.15, 0.2) is 126 Å². The van der Waals surface area contributed by atoms with Gasteiger partial charge in [-0.15, -0.1) is 12.8 Å². The second-order valence-electron chi connectivity index (χ2n) is 21.0. The van der Waals surface area contributed by atoms with Crippen molar-refractivity contribution in [3.63, 3.8) is 0 Å². The zero-order valence-electron chi connectivity index (χ0n) is 43.2. The van der Waals surface area contributed by atoms with E-state index in [1.165, 1.54) is 22.3 Å². The Bertz CT molecular complexity index is 2690. The lowest BCUT2D eigenvalue weighted by Gasteiger charge is -2.35. The van der Waals surface area contributed by atoms with Crippen LogP contribution in [0, 0.1) is 62.2 Å². The Morgan fingerprint density at radius 1 is 0.420 bits per heavy atom. The van der Waals surface area contributed by atoms with Crippen molar-refractivity contribution in [3.05, 3.63) is 170 Å². The first-order valence-electron chi connectivity index (χ1n) is 24.7. The van der Waals surface area contributed by atoms with Gasteiger partial charge in [-0.1, -0.05) is 107 Å². The normalized spacial score (nSPS) is 24.2. The summed E-state index contributed by atoms with van der Waals surface area (Å²) in [5.41, 5.74) is 15.7. The molecule has 4 aliphatic rings. The van der Waals surface area contributed by atoms with Crippen LogP contribution in [0.3, 0.4) is 0 Å². The van der Waals surface area contributed by atoms with Crippen molar-refractivity contribution in [1.82, 2.24) is 0 Å². The van der Waals surface area contributed by atoms with Crippen molar-refractivity contribution >= 4 is 0 Å². The van der Waals surface area contributed by atoms with Crippen LogP contribution in [0.5, 0.6) is 28.7 Å². The smallest absolute Gasteiger partial charge is 0.128 e. The Balaban J connectivity index is 0.000000201. The molecule has 3 aromatic rings. The van der Waals surface area contributed by atoms with Gasteiger partial charge >= 0.3 is 0 Å². The van der Waals surface area contributed by atoms with E-state index in [1.54, 1.807) is 24.3 Å². The topological polar surface area (TPSA) is 101 Å². The number of phenolic OH excluding ortho intramolecular Hbond substituents is 5. The minimum atomic E-state index is -0.112. The fraction of sp³-hybridized carbons (Fsp3) is 0.406. The van der Waals surface area contributed by atoms with Gasteiger partial charge in [0.1, 0.15) is 28.7 Å². The van der Waals surface area contributed by atoms with Crippen LogP contribution in [-0.2, 0) is 0 Å². The Labute approximate surface area is 415 Å². The molecule has 5 N–H and O–H groups in total. The molecule has 5 heteroatoms. The highest BCUT2D eigenvalue weighted by molar-refractivity contribution is 5.63. The van der Waals surface area contributed by atoms with Crippen LogP contribution in [0.1, 0.15) is 175 Å². The molecule has 69 heavy (non-hydrogen) atoms. The number of allylic oxidation sites excluding steroid dienone is 12. The van der Waals surface area contributed by atoms with E-state index in [0.29, 0.717) is 28.4 Å². The number of phenols is 5. The third kappa shape index (κ3) is 12.3. The first-order chi connectivity index (χ1) is 32.5. The summed E-state index contributed by atoms with van der Waals surface area (Å²) < 4.78 is 0. The van der Waals surface area contributed by atoms with E-state index in [9.17, 15) is 25.5 Å². The Hall–Kier alpha value is -6.30. The standard InChI is InChI=1S/C28H34O2.C19H22O.C17H22O2/c1-8-20-15-25(29)27(24-14-19(7)10-12-22(24)17(4)5)28(30)26(20)23-13-18(6)9-11-21(23)16(2)3;1-6-15-9-14(5)11-18(20)19(15)17-10-13(4)7-8-16(17)12(2)3;1-10(2)13-6-5-11(3)7-14(13)17-15(18)8-12(4)9-16(17)19/h1,13-15,21-24,29-30H,2,4,9-12H2,3,5-7H3;1,9-11,16-17,20H,2,7-8H2,3-5H3;7-9,13-14,18-19H,1,5-6H2,2-4H3. The van der Waals surface area contributed by atoms with E-state index in [2.05, 4.69) is 97.1 Å². The quantitative estimate of drug-likeness (QED) is 0.114. The van der Waals surface area contributed by atoms with Gasteiger partial charge in [0.2, 0.25) is 0 Å². The Kier molecular flexibility index (Phi) is 17.8. The molecule has 0 radical (unpaired) electrons. The van der Waals surface area contributed by atoms with E-state index in [0.717, 1.165) is 101 Å². The van der Waals surface area contributed by atoms with Gasteiger partial charge in [-0.2, -0.15) is 0 Å². The number of aryl methyl sites for hydroxylation is 2. The molecular formula is C64H78O5. The molecule has 0 bridgehead atoms. The van der Waals surface area contributed by atoms with E-state index < -0.39 is 0 Å². The molecule has 8 unspecified atom stereocenters. The maximum atomic E-state index is 11.6. The molecular weight excluding hydrogens is 849 g/mol. The van der Waals surface area contributed by atoms with Crippen molar-refractivity contribution in [1.29, 1.82) is 0 Å². The second-order valence-corrected chi connectivity index (χ2v) is 21.0. The van der Waals surface area contributed by atoms with Gasteiger partial charge in [0.25, 0.3) is 0 Å². The Morgan fingerprint density at radius 2 is 0.696 bits per heavy atom. The molecule has 0 aliphatic heterocycles. The monoisotopic (exact) mass is 927 g/mol. The first-order valence-corrected chi connectivity index (χ1v) is 24.7. The van der Waals surface area contributed by atoms with Gasteiger partial charge in [0.05, 0.1) is 0 Å². The summed E-state index contributed by atoms with van der Waals surface area (Å²) >= 11 is 0. The highest BCUT2D eigenvalue weighted by Crippen LogP contribution is 2.53. The van der Waals surface area contributed by atoms with E-state index in [4.69, 9.17) is 12.8 Å². The van der Waals surface area contributed by atoms with Crippen LogP contribution < -0.4 is 0 Å². The third-order valence-corrected chi connectivity index (χ3v) is 15.1. The van der Waals surface area contributed by atoms with E-state index in [-0.39, 0.29) is 64.4 Å². The fourth-order valence-electron chi connectivity index (χ4n) is 11.4. The van der Waals surface area contributed by atoms with Crippen LogP contribution in [0.2, 0.25) is 0 Å². The maximum Gasteiger partial charge on any atom is 0.128 e. The van der Waals surface area contributed by atoms with Crippen molar-refractivity contribution < 1.29 is 25.5 Å². The van der Waals surface area contributed by atoms with E-state index >= 15 is 0 Å². The molecule has 0 heterocycles. The summed E-state index contributed by atoms with van der Waals surface area (Å²) in [6.45, 7) is 37.0. The van der Waals surface area contributed by atoms with Gasteiger partial charge in [0.15, 0.2) is 0 Å². The lowest BCUT2D eigenvalue weighted by atomic mass is 9.70.